The van der Waals surface area contributed by atoms with Gasteiger partial charge in [-0.25, -0.2) is 0 Å². The molecule has 3 nitrogen and oxygen atoms in total. The Balaban J connectivity index is 2.19. The van der Waals surface area contributed by atoms with Crippen molar-refractivity contribution in [3.63, 3.8) is 0 Å². The maximum Gasteiger partial charge on any atom is 0.150 e. The van der Waals surface area contributed by atoms with Crippen LogP contribution < -0.4 is 0 Å². The normalized spacial score (nSPS) is 13.9. The van der Waals surface area contributed by atoms with Crippen LogP contribution in [0.5, 0.6) is 0 Å². The topological polar surface area (TPSA) is 57.5 Å². The molecule has 2 rings (SSSR count). The Hall–Kier alpha value is -1.97. The molecule has 0 saturated heterocycles. The summed E-state index contributed by atoms with van der Waals surface area (Å²) >= 11 is 0. The van der Waals surface area contributed by atoms with E-state index in [2.05, 4.69) is 0 Å². The number of rotatable bonds is 4. The van der Waals surface area contributed by atoms with E-state index in [0.717, 1.165) is 6.29 Å². The maximum absolute atomic E-state index is 10.5. The summed E-state index contributed by atoms with van der Waals surface area (Å²) < 4.78 is 0. The number of hydrogen-bond acceptors (Lipinski definition) is 3. The molecule has 18 heavy (non-hydrogen) atoms. The molecule has 0 amide bonds. The smallest absolute Gasteiger partial charge is 0.150 e. The van der Waals surface area contributed by atoms with Crippen molar-refractivity contribution in [1.29, 1.82) is 0 Å². The number of aliphatic hydroxyl groups excluding tert-OH is 2. The van der Waals surface area contributed by atoms with Gasteiger partial charge in [0, 0.05) is 5.56 Å². The molecule has 0 unspecified atom stereocenters. The molecular formula is C15H14O3. The maximum atomic E-state index is 10.5. The first kappa shape index (κ1) is 12.5. The van der Waals surface area contributed by atoms with Crippen LogP contribution in [0.4, 0.5) is 0 Å². The highest BCUT2D eigenvalue weighted by Gasteiger charge is 2.19. The van der Waals surface area contributed by atoms with E-state index in [1.165, 1.54) is 0 Å². The van der Waals surface area contributed by atoms with Crippen LogP contribution in [0.1, 0.15) is 33.7 Å². The molecule has 2 atom stereocenters. The molecule has 0 aliphatic carbocycles. The fourth-order valence-corrected chi connectivity index (χ4v) is 1.79. The summed E-state index contributed by atoms with van der Waals surface area (Å²) in [6, 6.07) is 15.5. The van der Waals surface area contributed by atoms with Crippen molar-refractivity contribution in [2.75, 3.05) is 0 Å². The first-order valence-corrected chi connectivity index (χ1v) is 5.68. The van der Waals surface area contributed by atoms with E-state index in [9.17, 15) is 15.0 Å². The van der Waals surface area contributed by atoms with Crippen LogP contribution in [0.3, 0.4) is 0 Å². The third-order valence-corrected chi connectivity index (χ3v) is 2.85. The average molecular weight is 242 g/mol. The molecule has 0 aliphatic rings. The predicted molar refractivity (Wildman–Crippen MR) is 68.2 cm³/mol. The zero-order valence-corrected chi connectivity index (χ0v) is 9.73. The van der Waals surface area contributed by atoms with Gasteiger partial charge in [0.05, 0.1) is 0 Å². The van der Waals surface area contributed by atoms with E-state index < -0.39 is 12.2 Å². The van der Waals surface area contributed by atoms with E-state index in [4.69, 9.17) is 0 Å². The van der Waals surface area contributed by atoms with Crippen LogP contribution in [0, 0.1) is 0 Å². The van der Waals surface area contributed by atoms with E-state index in [1.807, 2.05) is 6.07 Å². The first-order chi connectivity index (χ1) is 8.72. The summed E-state index contributed by atoms with van der Waals surface area (Å²) in [5.74, 6) is 0. The minimum absolute atomic E-state index is 0.542. The monoisotopic (exact) mass is 242 g/mol. The molecule has 3 heteroatoms. The number of carbonyl (C=O) groups excluding carboxylic acids is 1. The molecule has 0 spiro atoms. The summed E-state index contributed by atoms with van der Waals surface area (Å²) in [6.07, 6.45) is -1.24. The third kappa shape index (κ3) is 2.64. The fraction of sp³-hybridized carbons (Fsp3) is 0.133. The fourth-order valence-electron chi connectivity index (χ4n) is 1.79. The highest BCUT2D eigenvalue weighted by molar-refractivity contribution is 5.74. The van der Waals surface area contributed by atoms with Crippen molar-refractivity contribution in [2.24, 2.45) is 0 Å². The van der Waals surface area contributed by atoms with Gasteiger partial charge in [0.25, 0.3) is 0 Å². The van der Waals surface area contributed by atoms with Crippen molar-refractivity contribution in [3.05, 3.63) is 71.3 Å². The van der Waals surface area contributed by atoms with Crippen molar-refractivity contribution in [2.45, 2.75) is 12.2 Å². The van der Waals surface area contributed by atoms with Crippen LogP contribution in [-0.4, -0.2) is 16.5 Å². The second-order valence-electron chi connectivity index (χ2n) is 4.08. The summed E-state index contributed by atoms with van der Waals surface area (Å²) in [5.41, 5.74) is 1.78. The Morgan fingerprint density at radius 2 is 1.28 bits per heavy atom. The van der Waals surface area contributed by atoms with Crippen LogP contribution in [0.2, 0.25) is 0 Å². The Morgan fingerprint density at radius 1 is 0.778 bits per heavy atom. The molecule has 0 fully saturated rings. The number of hydrogen-bond donors (Lipinski definition) is 2. The van der Waals surface area contributed by atoms with E-state index in [0.29, 0.717) is 16.7 Å². The minimum atomic E-state index is -1.01. The second-order valence-corrected chi connectivity index (χ2v) is 4.08. The Labute approximate surface area is 105 Å². The summed E-state index contributed by atoms with van der Waals surface area (Å²) in [5, 5.41) is 20.1. The Kier molecular flexibility index (Phi) is 3.87. The molecule has 0 aromatic heterocycles. The lowest BCUT2D eigenvalue weighted by Crippen LogP contribution is -2.10. The molecule has 0 saturated carbocycles. The van der Waals surface area contributed by atoms with Gasteiger partial charge in [0.1, 0.15) is 18.5 Å². The van der Waals surface area contributed by atoms with Gasteiger partial charge < -0.3 is 10.2 Å². The zero-order valence-electron chi connectivity index (χ0n) is 9.73. The predicted octanol–water partition coefficient (Wildman–Crippen LogP) is 2.27. The lowest BCUT2D eigenvalue weighted by molar-refractivity contribution is 0.0172. The molecule has 0 heterocycles. The highest BCUT2D eigenvalue weighted by atomic mass is 16.3. The highest BCUT2D eigenvalue weighted by Crippen LogP contribution is 2.28. The van der Waals surface area contributed by atoms with Crippen molar-refractivity contribution in [1.82, 2.24) is 0 Å². The molecule has 92 valence electrons. The Morgan fingerprint density at radius 3 is 1.78 bits per heavy atom. The van der Waals surface area contributed by atoms with Gasteiger partial charge in [-0.05, 0) is 11.1 Å². The molecule has 2 N–H and O–H groups in total. The largest absolute Gasteiger partial charge is 0.385 e. The SMILES string of the molecule is O=Cc1ccc([C@@H](O)[C@H](O)c2ccccc2)cc1. The van der Waals surface area contributed by atoms with Crippen LogP contribution in [0.25, 0.3) is 0 Å². The van der Waals surface area contributed by atoms with E-state index in [-0.39, 0.29) is 0 Å². The molecule has 0 bridgehead atoms. The lowest BCUT2D eigenvalue weighted by Gasteiger charge is -2.18. The average Bonchev–Trinajstić information content (AvgIpc) is 2.47. The third-order valence-electron chi connectivity index (χ3n) is 2.85. The molecular weight excluding hydrogens is 228 g/mol. The van der Waals surface area contributed by atoms with Gasteiger partial charge in [-0.3, -0.25) is 4.79 Å². The van der Waals surface area contributed by atoms with Crippen LogP contribution in [0.15, 0.2) is 54.6 Å². The quantitative estimate of drug-likeness (QED) is 0.808. The first-order valence-electron chi connectivity index (χ1n) is 5.68. The van der Waals surface area contributed by atoms with Gasteiger partial charge in [-0.15, -0.1) is 0 Å². The number of benzene rings is 2. The van der Waals surface area contributed by atoms with Gasteiger partial charge in [-0.1, -0.05) is 54.6 Å². The summed E-state index contributed by atoms with van der Waals surface area (Å²) in [6.45, 7) is 0. The molecule has 2 aromatic carbocycles. The van der Waals surface area contributed by atoms with Crippen molar-refractivity contribution in [3.8, 4) is 0 Å². The van der Waals surface area contributed by atoms with Gasteiger partial charge >= 0.3 is 0 Å². The summed E-state index contributed by atoms with van der Waals surface area (Å²) in [4.78, 5) is 10.5. The second kappa shape index (κ2) is 5.58. The van der Waals surface area contributed by atoms with Gasteiger partial charge in [0.15, 0.2) is 0 Å². The molecule has 2 aromatic rings. The van der Waals surface area contributed by atoms with Crippen molar-refractivity contribution < 1.29 is 15.0 Å². The lowest BCUT2D eigenvalue weighted by atomic mass is 9.98. The zero-order chi connectivity index (χ0) is 13.0. The minimum Gasteiger partial charge on any atom is -0.385 e. The van der Waals surface area contributed by atoms with E-state index in [1.54, 1.807) is 48.5 Å². The number of aliphatic hydroxyl groups is 2. The van der Waals surface area contributed by atoms with E-state index >= 15 is 0 Å². The number of carbonyl (C=O) groups is 1. The summed E-state index contributed by atoms with van der Waals surface area (Å²) in [7, 11) is 0. The Bertz CT molecular complexity index is 505. The standard InChI is InChI=1S/C15H14O3/c16-10-11-6-8-13(9-7-11)15(18)14(17)12-4-2-1-3-5-12/h1-10,14-15,17-18H/t14-,15-/m1/s1. The van der Waals surface area contributed by atoms with Gasteiger partial charge in [-0.2, -0.15) is 0 Å². The number of aldehydes is 1. The van der Waals surface area contributed by atoms with Gasteiger partial charge in [0.2, 0.25) is 0 Å². The molecule has 0 radical (unpaired) electrons. The van der Waals surface area contributed by atoms with Crippen LogP contribution >= 0.6 is 0 Å². The van der Waals surface area contributed by atoms with Crippen LogP contribution in [-0.2, 0) is 0 Å². The molecule has 0 aliphatic heterocycles. The van der Waals surface area contributed by atoms with Crippen molar-refractivity contribution >= 4 is 6.29 Å².